The minimum Gasteiger partial charge on any atom is -0.374 e. The molecule has 0 N–H and O–H groups in total. The fourth-order valence-corrected chi connectivity index (χ4v) is 12.9. The first kappa shape index (κ1) is 15.4. The minimum absolute atomic E-state index is 1.24. The van der Waals surface area contributed by atoms with E-state index in [1.807, 2.05) is 12.1 Å². The van der Waals surface area contributed by atoms with Gasteiger partial charge < -0.3 is 13.3 Å². The Labute approximate surface area is 133 Å². The van der Waals surface area contributed by atoms with Gasteiger partial charge in [-0.3, -0.25) is 0 Å². The van der Waals surface area contributed by atoms with E-state index in [1.165, 1.54) is 15.2 Å². The molecule has 0 atom stereocenters. The molecule has 1 aliphatic rings. The number of rotatable bonds is 6. The maximum absolute atomic E-state index is 5.72. The maximum Gasteiger partial charge on any atom is 0.528 e. The van der Waals surface area contributed by atoms with Gasteiger partial charge in [0.1, 0.15) is 0 Å². The fraction of sp³-hybridized carbons (Fsp3) is 0.176. The highest BCUT2D eigenvalue weighted by Crippen LogP contribution is 2.39. The van der Waals surface area contributed by atoms with E-state index in [4.69, 9.17) is 13.3 Å². The van der Waals surface area contributed by atoms with Crippen molar-refractivity contribution in [3.8, 4) is 0 Å². The van der Waals surface area contributed by atoms with Crippen molar-refractivity contribution >= 4 is 27.3 Å². The van der Waals surface area contributed by atoms with Crippen molar-refractivity contribution in [2.45, 2.75) is 0 Å². The van der Waals surface area contributed by atoms with Gasteiger partial charge in [-0.25, -0.2) is 0 Å². The molecule has 0 spiro atoms. The Morgan fingerprint density at radius 3 is 1.45 bits per heavy atom. The summed E-state index contributed by atoms with van der Waals surface area (Å²) in [7, 11) is 0.206. The van der Waals surface area contributed by atoms with Crippen LogP contribution in [0.2, 0.25) is 0 Å². The average Bonchev–Trinajstić information content (AvgIpc) is 3.36. The highest BCUT2D eigenvalue weighted by Gasteiger charge is 2.63. The minimum atomic E-state index is -2.76. The summed E-state index contributed by atoms with van der Waals surface area (Å²) in [5.74, 6) is 0. The van der Waals surface area contributed by atoms with Crippen molar-refractivity contribution < 1.29 is 13.3 Å². The van der Waals surface area contributed by atoms with Crippen molar-refractivity contribution in [3.63, 3.8) is 0 Å². The highest BCUT2D eigenvalue weighted by molar-refractivity contribution is 7.26. The molecule has 3 nitrogen and oxygen atoms in total. The van der Waals surface area contributed by atoms with Gasteiger partial charge in [0.05, 0.1) is 0 Å². The lowest BCUT2D eigenvalue weighted by molar-refractivity contribution is 0.137. The summed E-state index contributed by atoms with van der Waals surface area (Å²) in [4.78, 5) is 1.24. The Morgan fingerprint density at radius 2 is 1.09 bits per heavy atom. The molecular formula is C17H20O3Si2. The van der Waals surface area contributed by atoms with Gasteiger partial charge in [-0.15, -0.1) is 0 Å². The van der Waals surface area contributed by atoms with Crippen LogP contribution in [0.4, 0.5) is 0 Å². The summed E-state index contributed by atoms with van der Waals surface area (Å²) in [6, 6.07) is 21.2. The summed E-state index contributed by atoms with van der Waals surface area (Å²) in [6.45, 7) is 0. The molecule has 0 aliphatic carbocycles. The molecule has 0 amide bonds. The third kappa shape index (κ3) is 2.22. The molecule has 0 bridgehead atoms. The van der Waals surface area contributed by atoms with Crippen molar-refractivity contribution in [1.82, 2.24) is 0 Å². The molecular weight excluding hydrogens is 308 g/mol. The van der Waals surface area contributed by atoms with E-state index in [9.17, 15) is 0 Å². The molecule has 0 saturated carbocycles. The zero-order valence-corrected chi connectivity index (χ0v) is 15.1. The average molecular weight is 329 g/mol. The molecule has 114 valence electrons. The van der Waals surface area contributed by atoms with Crippen molar-refractivity contribution in [2.24, 2.45) is 0 Å². The van der Waals surface area contributed by atoms with Crippen LogP contribution in [-0.2, 0) is 13.3 Å². The number of hydrogen-bond acceptors (Lipinski definition) is 3. The summed E-state index contributed by atoms with van der Waals surface area (Å²) in [6.07, 6.45) is 0. The summed E-state index contributed by atoms with van der Waals surface area (Å²) >= 11 is 0. The maximum atomic E-state index is 5.72. The Hall–Kier alpha value is -1.51. The van der Waals surface area contributed by atoms with Crippen LogP contribution < -0.4 is 10.4 Å². The van der Waals surface area contributed by atoms with E-state index in [1.54, 1.807) is 21.3 Å². The third-order valence-corrected chi connectivity index (χ3v) is 13.0. The van der Waals surface area contributed by atoms with E-state index in [2.05, 4.69) is 54.2 Å². The molecule has 22 heavy (non-hydrogen) atoms. The van der Waals surface area contributed by atoms with Crippen LogP contribution in [0.1, 0.15) is 0 Å². The lowest BCUT2D eigenvalue weighted by Crippen LogP contribution is -2.57. The number of benzene rings is 2. The predicted octanol–water partition coefficient (Wildman–Crippen LogP) is 1.69. The van der Waals surface area contributed by atoms with Crippen LogP contribution in [0.15, 0.2) is 71.2 Å². The van der Waals surface area contributed by atoms with Gasteiger partial charge in [0.2, 0.25) is 0 Å². The first-order valence-electron chi connectivity index (χ1n) is 7.24. The quantitative estimate of drug-likeness (QED) is 0.755. The van der Waals surface area contributed by atoms with Gasteiger partial charge in [-0.05, 0) is 15.2 Å². The second-order valence-electron chi connectivity index (χ2n) is 5.27. The van der Waals surface area contributed by atoms with Crippen LogP contribution in [0.3, 0.4) is 0 Å². The van der Waals surface area contributed by atoms with E-state index >= 15 is 0 Å². The zero-order valence-electron chi connectivity index (χ0n) is 13.1. The summed E-state index contributed by atoms with van der Waals surface area (Å²) in [5.41, 5.74) is 2.35. The molecule has 2 aromatic carbocycles. The van der Waals surface area contributed by atoms with Crippen LogP contribution >= 0.6 is 0 Å². The van der Waals surface area contributed by atoms with Gasteiger partial charge in [0.15, 0.2) is 8.07 Å². The monoisotopic (exact) mass is 328 g/mol. The molecule has 0 radical (unpaired) electrons. The smallest absolute Gasteiger partial charge is 0.374 e. The van der Waals surface area contributed by atoms with Crippen LogP contribution in [0.5, 0.6) is 0 Å². The van der Waals surface area contributed by atoms with Crippen molar-refractivity contribution in [3.05, 3.63) is 71.2 Å². The van der Waals surface area contributed by atoms with E-state index in [-0.39, 0.29) is 0 Å². The lowest BCUT2D eigenvalue weighted by Gasteiger charge is -2.27. The Balaban J connectivity index is 2.10. The second kappa shape index (κ2) is 5.94. The van der Waals surface area contributed by atoms with Gasteiger partial charge in [-0.1, -0.05) is 66.4 Å². The standard InChI is InChI=1S/C17H20O3Si2/c1-18-22(19-2,20-3)17-14-21(17,15-10-6-4-7-11-15)16-12-8-5-9-13-16/h4-14H,1-3H3. The van der Waals surface area contributed by atoms with Gasteiger partial charge in [0.25, 0.3) is 0 Å². The topological polar surface area (TPSA) is 27.7 Å². The van der Waals surface area contributed by atoms with Crippen LogP contribution in [-0.4, -0.2) is 38.2 Å². The lowest BCUT2D eigenvalue weighted by atomic mass is 10.4. The van der Waals surface area contributed by atoms with Crippen LogP contribution in [0.25, 0.3) is 0 Å². The highest BCUT2D eigenvalue weighted by atomic mass is 28.4. The Morgan fingerprint density at radius 1 is 0.682 bits per heavy atom. The largest absolute Gasteiger partial charge is 0.528 e. The van der Waals surface area contributed by atoms with E-state index in [0.717, 1.165) is 0 Å². The molecule has 5 heteroatoms. The summed E-state index contributed by atoms with van der Waals surface area (Å²) < 4.78 is 17.2. The fourth-order valence-electron chi connectivity index (χ4n) is 3.14. The zero-order chi connectivity index (χ0) is 15.6. The molecule has 3 rings (SSSR count). The number of hydrogen-bond donors (Lipinski definition) is 0. The SMILES string of the molecule is CO[Si](OC)(OC)C1=C[Si]1(c1ccccc1)c1ccccc1. The molecule has 2 aromatic rings. The van der Waals surface area contributed by atoms with Crippen molar-refractivity contribution in [2.75, 3.05) is 21.3 Å². The van der Waals surface area contributed by atoms with Gasteiger partial charge in [0, 0.05) is 21.3 Å². The first-order chi connectivity index (χ1) is 10.7. The molecule has 0 fully saturated rings. The molecule has 0 aromatic heterocycles. The molecule has 1 heterocycles. The molecule has 0 unspecified atom stereocenters. The normalized spacial score (nSPS) is 16.2. The Kier molecular flexibility index (Phi) is 4.16. The predicted molar refractivity (Wildman–Crippen MR) is 92.8 cm³/mol. The van der Waals surface area contributed by atoms with Gasteiger partial charge >= 0.3 is 8.80 Å². The van der Waals surface area contributed by atoms with Gasteiger partial charge in [-0.2, -0.15) is 0 Å². The second-order valence-corrected chi connectivity index (χ2v) is 12.2. The summed E-state index contributed by atoms with van der Waals surface area (Å²) in [5, 5.41) is 2.69. The van der Waals surface area contributed by atoms with Crippen LogP contribution in [0, 0.1) is 0 Å². The molecule has 0 saturated heterocycles. The first-order valence-corrected chi connectivity index (χ1v) is 11.0. The molecule has 1 aliphatic heterocycles. The van der Waals surface area contributed by atoms with Crippen molar-refractivity contribution in [1.29, 1.82) is 0 Å². The third-order valence-electron chi connectivity index (χ3n) is 4.30. The van der Waals surface area contributed by atoms with E-state index in [0.29, 0.717) is 0 Å². The van der Waals surface area contributed by atoms with E-state index < -0.39 is 16.9 Å². The Bertz CT molecular complexity index is 619.